The lowest BCUT2D eigenvalue weighted by molar-refractivity contribution is -0.156. The first-order chi connectivity index (χ1) is 10.1. The minimum atomic E-state index is -1.42. The van der Waals surface area contributed by atoms with E-state index in [4.69, 9.17) is 10.2 Å². The van der Waals surface area contributed by atoms with Crippen LogP contribution in [0, 0.1) is 5.41 Å². The molecular formula is C17H16O4. The van der Waals surface area contributed by atoms with Crippen molar-refractivity contribution in [2.75, 3.05) is 0 Å². The van der Waals surface area contributed by atoms with Crippen LogP contribution in [0.5, 0.6) is 0 Å². The van der Waals surface area contributed by atoms with Gasteiger partial charge in [-0.2, -0.15) is 0 Å². The maximum atomic E-state index is 10.1. The third-order valence-electron chi connectivity index (χ3n) is 3.45. The van der Waals surface area contributed by atoms with Gasteiger partial charge in [-0.25, -0.2) is 0 Å². The molecule has 0 amide bonds. The highest BCUT2D eigenvalue weighted by atomic mass is 16.4. The highest BCUT2D eigenvalue weighted by molar-refractivity contribution is 6.01. The second-order valence-electron chi connectivity index (χ2n) is 4.92. The van der Waals surface area contributed by atoms with Crippen molar-refractivity contribution >= 4 is 11.9 Å². The first kappa shape index (κ1) is 14.8. The molecule has 1 fully saturated rings. The molecular weight excluding hydrogens is 268 g/mol. The van der Waals surface area contributed by atoms with E-state index in [-0.39, 0.29) is 12.8 Å². The van der Waals surface area contributed by atoms with Crippen LogP contribution in [0.3, 0.4) is 0 Å². The van der Waals surface area contributed by atoms with Gasteiger partial charge in [0.05, 0.1) is 0 Å². The Morgan fingerprint density at radius 1 is 0.714 bits per heavy atom. The molecule has 0 aliphatic heterocycles. The standard InChI is InChI=1S/C12H10.C5H6O4/c1-3-7-11(8-4-1)12-9-5-2-6-10-12;6-3(7)5(1-2-5)4(8)9/h1-10H;1-2H2,(H,6,7)(H,8,9). The van der Waals surface area contributed by atoms with Gasteiger partial charge in [0.15, 0.2) is 5.41 Å². The molecule has 108 valence electrons. The largest absolute Gasteiger partial charge is 0.480 e. The van der Waals surface area contributed by atoms with E-state index >= 15 is 0 Å². The maximum Gasteiger partial charge on any atom is 0.321 e. The highest BCUT2D eigenvalue weighted by Gasteiger charge is 2.57. The molecule has 1 saturated carbocycles. The predicted molar refractivity (Wildman–Crippen MR) is 78.8 cm³/mol. The molecule has 21 heavy (non-hydrogen) atoms. The molecule has 0 atom stereocenters. The third-order valence-corrected chi connectivity index (χ3v) is 3.45. The summed E-state index contributed by atoms with van der Waals surface area (Å²) in [6.07, 6.45) is 0.551. The molecule has 0 unspecified atom stereocenters. The lowest BCUT2D eigenvalue weighted by atomic mass is 10.1. The third kappa shape index (κ3) is 3.48. The molecule has 0 saturated heterocycles. The molecule has 2 aromatic carbocycles. The van der Waals surface area contributed by atoms with Crippen molar-refractivity contribution in [2.24, 2.45) is 5.41 Å². The van der Waals surface area contributed by atoms with E-state index in [1.54, 1.807) is 0 Å². The quantitative estimate of drug-likeness (QED) is 0.848. The Morgan fingerprint density at radius 2 is 1.05 bits per heavy atom. The molecule has 0 bridgehead atoms. The molecule has 3 rings (SSSR count). The molecule has 0 heterocycles. The number of aliphatic carboxylic acids is 2. The van der Waals surface area contributed by atoms with Gasteiger partial charge in [-0.05, 0) is 24.0 Å². The molecule has 4 nitrogen and oxygen atoms in total. The second-order valence-corrected chi connectivity index (χ2v) is 4.92. The van der Waals surface area contributed by atoms with Gasteiger partial charge in [0.25, 0.3) is 0 Å². The van der Waals surface area contributed by atoms with Gasteiger partial charge in [-0.1, -0.05) is 60.7 Å². The fraction of sp³-hybridized carbons (Fsp3) is 0.176. The summed E-state index contributed by atoms with van der Waals surface area (Å²) >= 11 is 0. The zero-order valence-corrected chi connectivity index (χ0v) is 11.4. The van der Waals surface area contributed by atoms with Crippen LogP contribution in [0.25, 0.3) is 11.1 Å². The Labute approximate surface area is 122 Å². The lowest BCUT2D eigenvalue weighted by Gasteiger charge is -1.99. The zero-order chi connectivity index (χ0) is 15.3. The van der Waals surface area contributed by atoms with Crippen LogP contribution in [0.1, 0.15) is 12.8 Å². The molecule has 2 N–H and O–H groups in total. The molecule has 0 spiro atoms. The minimum absolute atomic E-state index is 0.275. The fourth-order valence-electron chi connectivity index (χ4n) is 1.91. The number of hydrogen-bond acceptors (Lipinski definition) is 2. The summed E-state index contributed by atoms with van der Waals surface area (Å²) in [5, 5.41) is 16.6. The van der Waals surface area contributed by atoms with Crippen molar-refractivity contribution in [3.8, 4) is 11.1 Å². The molecule has 2 aromatic rings. The second kappa shape index (κ2) is 6.22. The van der Waals surface area contributed by atoms with Gasteiger partial charge in [0.1, 0.15) is 0 Å². The van der Waals surface area contributed by atoms with Crippen LogP contribution >= 0.6 is 0 Å². The smallest absolute Gasteiger partial charge is 0.321 e. The number of carboxylic acids is 2. The van der Waals surface area contributed by atoms with E-state index in [1.807, 2.05) is 12.1 Å². The average molecular weight is 284 g/mol. The van der Waals surface area contributed by atoms with Crippen molar-refractivity contribution in [1.82, 2.24) is 0 Å². The SMILES string of the molecule is O=C(O)C1(C(=O)O)CC1.c1ccc(-c2ccccc2)cc1. The summed E-state index contributed by atoms with van der Waals surface area (Å²) in [6.45, 7) is 0. The summed E-state index contributed by atoms with van der Waals surface area (Å²) in [7, 11) is 0. The van der Waals surface area contributed by atoms with Gasteiger partial charge in [0, 0.05) is 0 Å². The van der Waals surface area contributed by atoms with E-state index in [2.05, 4.69) is 48.5 Å². The van der Waals surface area contributed by atoms with E-state index in [9.17, 15) is 9.59 Å². The van der Waals surface area contributed by atoms with Gasteiger partial charge >= 0.3 is 11.9 Å². The number of hydrogen-bond donors (Lipinski definition) is 2. The fourth-order valence-corrected chi connectivity index (χ4v) is 1.91. The molecule has 1 aliphatic rings. The average Bonchev–Trinajstić information content (AvgIpc) is 3.32. The summed E-state index contributed by atoms with van der Waals surface area (Å²) < 4.78 is 0. The summed E-state index contributed by atoms with van der Waals surface area (Å²) in [5.74, 6) is -2.43. The Hall–Kier alpha value is -2.62. The lowest BCUT2D eigenvalue weighted by Crippen LogP contribution is -2.24. The maximum absolute atomic E-state index is 10.1. The van der Waals surface area contributed by atoms with Crippen LogP contribution < -0.4 is 0 Å². The number of carbonyl (C=O) groups is 2. The van der Waals surface area contributed by atoms with E-state index in [1.165, 1.54) is 11.1 Å². The van der Waals surface area contributed by atoms with Crippen LogP contribution in [0.4, 0.5) is 0 Å². The molecule has 4 heteroatoms. The topological polar surface area (TPSA) is 74.6 Å². The van der Waals surface area contributed by atoms with E-state index in [0.717, 1.165) is 0 Å². The highest BCUT2D eigenvalue weighted by Crippen LogP contribution is 2.45. The number of rotatable bonds is 3. The van der Waals surface area contributed by atoms with Crippen LogP contribution in [-0.4, -0.2) is 22.2 Å². The van der Waals surface area contributed by atoms with Crippen molar-refractivity contribution in [2.45, 2.75) is 12.8 Å². The Bertz CT molecular complexity index is 562. The molecule has 1 aliphatic carbocycles. The first-order valence-electron chi connectivity index (χ1n) is 6.63. The van der Waals surface area contributed by atoms with Crippen LogP contribution in [-0.2, 0) is 9.59 Å². The first-order valence-corrected chi connectivity index (χ1v) is 6.63. The Balaban J connectivity index is 0.000000161. The van der Waals surface area contributed by atoms with E-state index < -0.39 is 17.4 Å². The normalized spacial score (nSPS) is 14.5. The molecule has 0 aromatic heterocycles. The van der Waals surface area contributed by atoms with Gasteiger partial charge < -0.3 is 10.2 Å². The van der Waals surface area contributed by atoms with E-state index in [0.29, 0.717) is 0 Å². The van der Waals surface area contributed by atoms with Gasteiger partial charge in [-0.15, -0.1) is 0 Å². The van der Waals surface area contributed by atoms with Gasteiger partial charge in [0.2, 0.25) is 0 Å². The van der Waals surface area contributed by atoms with Crippen molar-refractivity contribution in [3.05, 3.63) is 60.7 Å². The summed E-state index contributed by atoms with van der Waals surface area (Å²) in [5.41, 5.74) is 1.14. The van der Waals surface area contributed by atoms with Gasteiger partial charge in [-0.3, -0.25) is 9.59 Å². The van der Waals surface area contributed by atoms with Crippen molar-refractivity contribution < 1.29 is 19.8 Å². The Morgan fingerprint density at radius 3 is 1.24 bits per heavy atom. The number of benzene rings is 2. The zero-order valence-electron chi connectivity index (χ0n) is 11.4. The molecule has 0 radical (unpaired) electrons. The number of carboxylic acid groups (broad SMARTS) is 2. The monoisotopic (exact) mass is 284 g/mol. The van der Waals surface area contributed by atoms with Crippen LogP contribution in [0.15, 0.2) is 60.7 Å². The summed E-state index contributed by atoms with van der Waals surface area (Å²) in [6, 6.07) is 20.8. The minimum Gasteiger partial charge on any atom is -0.480 e. The van der Waals surface area contributed by atoms with Crippen molar-refractivity contribution in [1.29, 1.82) is 0 Å². The van der Waals surface area contributed by atoms with Crippen LogP contribution in [0.2, 0.25) is 0 Å². The predicted octanol–water partition coefficient (Wildman–Crippen LogP) is 3.29. The Kier molecular flexibility index (Phi) is 4.38. The summed E-state index contributed by atoms with van der Waals surface area (Å²) in [4.78, 5) is 20.3. The van der Waals surface area contributed by atoms with Crippen molar-refractivity contribution in [3.63, 3.8) is 0 Å².